The van der Waals surface area contributed by atoms with Gasteiger partial charge < -0.3 is 9.88 Å². The average Bonchev–Trinajstić information content (AvgIpc) is 2.60. The van der Waals surface area contributed by atoms with Crippen LogP contribution in [0.15, 0.2) is 12.1 Å². The lowest BCUT2D eigenvalue weighted by atomic mass is 9.78. The molecule has 3 heterocycles. The van der Waals surface area contributed by atoms with E-state index in [1.807, 2.05) is 0 Å². The zero-order chi connectivity index (χ0) is 13.0. The summed E-state index contributed by atoms with van der Waals surface area (Å²) < 4.78 is 2.33. The molecule has 0 spiro atoms. The van der Waals surface area contributed by atoms with E-state index >= 15 is 0 Å². The van der Waals surface area contributed by atoms with Gasteiger partial charge in [0, 0.05) is 19.6 Å². The van der Waals surface area contributed by atoms with Crippen molar-refractivity contribution in [2.24, 2.45) is 0 Å². The van der Waals surface area contributed by atoms with Crippen LogP contribution in [0.1, 0.15) is 48.6 Å². The Balaban J connectivity index is 0.00000121. The number of fused-ring (bicyclic) bond motifs is 4. The van der Waals surface area contributed by atoms with Gasteiger partial charge in [0.1, 0.15) is 5.82 Å². The van der Waals surface area contributed by atoms with E-state index in [-0.39, 0.29) is 12.4 Å². The molecular formula is C16H22ClN3. The van der Waals surface area contributed by atoms with Crippen LogP contribution in [0.4, 0.5) is 0 Å². The number of hydrogen-bond acceptors (Lipinski definition) is 2. The molecule has 108 valence electrons. The van der Waals surface area contributed by atoms with Gasteiger partial charge in [0.15, 0.2) is 0 Å². The molecule has 0 amide bonds. The van der Waals surface area contributed by atoms with Crippen LogP contribution in [-0.4, -0.2) is 22.6 Å². The molecule has 1 aromatic carbocycles. The van der Waals surface area contributed by atoms with E-state index in [4.69, 9.17) is 4.98 Å². The van der Waals surface area contributed by atoms with E-state index in [2.05, 4.69) is 35.9 Å². The zero-order valence-corrected chi connectivity index (χ0v) is 13.0. The van der Waals surface area contributed by atoms with Crippen LogP contribution < -0.4 is 5.32 Å². The molecule has 0 radical (unpaired) electrons. The second kappa shape index (κ2) is 5.05. The maximum Gasteiger partial charge on any atom is 0.106 e. The largest absolute Gasteiger partial charge is 0.328 e. The molecule has 1 saturated heterocycles. The predicted octanol–water partition coefficient (Wildman–Crippen LogP) is 3.35. The van der Waals surface area contributed by atoms with Crippen molar-refractivity contribution in [2.75, 3.05) is 13.1 Å². The van der Waals surface area contributed by atoms with Crippen molar-refractivity contribution < 1.29 is 0 Å². The highest BCUT2D eigenvalue weighted by Crippen LogP contribution is 2.42. The lowest BCUT2D eigenvalue weighted by molar-refractivity contribution is 0.550. The number of imidazole rings is 1. The molecule has 1 fully saturated rings. The molecule has 5 rings (SSSR count). The smallest absolute Gasteiger partial charge is 0.106 e. The van der Waals surface area contributed by atoms with E-state index in [1.165, 1.54) is 23.9 Å². The molecule has 2 aliphatic heterocycles. The first-order chi connectivity index (χ1) is 9.28. The highest BCUT2D eigenvalue weighted by Gasteiger charge is 2.31. The summed E-state index contributed by atoms with van der Waals surface area (Å²) in [4.78, 5) is 4.75. The quantitative estimate of drug-likeness (QED) is 0.873. The van der Waals surface area contributed by atoms with Crippen LogP contribution in [0, 0.1) is 6.92 Å². The van der Waals surface area contributed by atoms with Gasteiger partial charge in [-0.2, -0.15) is 0 Å². The molecule has 2 bridgehead atoms. The van der Waals surface area contributed by atoms with Gasteiger partial charge in [0.2, 0.25) is 0 Å². The third-order valence-corrected chi connectivity index (χ3v) is 4.98. The summed E-state index contributed by atoms with van der Waals surface area (Å²) >= 11 is 0. The highest BCUT2D eigenvalue weighted by atomic mass is 35.5. The molecule has 1 N–H and O–H groups in total. The SMILES string of the molecule is CCn1c(C)nc2cc3c(cc21)C1CCC3CNC1.Cl. The van der Waals surface area contributed by atoms with Crippen molar-refractivity contribution in [1.29, 1.82) is 0 Å². The molecular weight excluding hydrogens is 270 g/mol. The minimum absolute atomic E-state index is 0. The van der Waals surface area contributed by atoms with E-state index in [1.54, 1.807) is 11.1 Å². The Hall–Kier alpha value is -1.06. The number of rotatable bonds is 1. The monoisotopic (exact) mass is 291 g/mol. The summed E-state index contributed by atoms with van der Waals surface area (Å²) in [6.45, 7) is 7.61. The predicted molar refractivity (Wildman–Crippen MR) is 85.0 cm³/mol. The fraction of sp³-hybridized carbons (Fsp3) is 0.562. The van der Waals surface area contributed by atoms with Crippen molar-refractivity contribution in [3.63, 3.8) is 0 Å². The van der Waals surface area contributed by atoms with Crippen LogP contribution in [0.2, 0.25) is 0 Å². The van der Waals surface area contributed by atoms with Gasteiger partial charge in [-0.3, -0.25) is 0 Å². The van der Waals surface area contributed by atoms with Crippen molar-refractivity contribution >= 4 is 23.4 Å². The molecule has 2 aromatic rings. The van der Waals surface area contributed by atoms with E-state index < -0.39 is 0 Å². The molecule has 20 heavy (non-hydrogen) atoms. The van der Waals surface area contributed by atoms with Gasteiger partial charge in [-0.05, 0) is 61.8 Å². The molecule has 4 heteroatoms. The van der Waals surface area contributed by atoms with Crippen molar-refractivity contribution in [3.8, 4) is 0 Å². The molecule has 1 aromatic heterocycles. The molecule has 0 saturated carbocycles. The molecule has 3 aliphatic rings. The fourth-order valence-electron chi connectivity index (χ4n) is 4.00. The zero-order valence-electron chi connectivity index (χ0n) is 12.1. The number of halogens is 1. The van der Waals surface area contributed by atoms with Gasteiger partial charge in [-0.1, -0.05) is 0 Å². The van der Waals surface area contributed by atoms with Crippen LogP contribution in [0.3, 0.4) is 0 Å². The van der Waals surface area contributed by atoms with Gasteiger partial charge in [0.25, 0.3) is 0 Å². The van der Waals surface area contributed by atoms with Crippen molar-refractivity contribution in [1.82, 2.24) is 14.9 Å². The van der Waals surface area contributed by atoms with Crippen LogP contribution in [0.5, 0.6) is 0 Å². The Bertz CT molecular complexity index is 643. The highest BCUT2D eigenvalue weighted by molar-refractivity contribution is 5.85. The van der Waals surface area contributed by atoms with Gasteiger partial charge in [-0.15, -0.1) is 12.4 Å². The number of benzene rings is 1. The second-order valence-corrected chi connectivity index (χ2v) is 6.00. The molecule has 2 unspecified atom stereocenters. The van der Waals surface area contributed by atoms with Gasteiger partial charge in [-0.25, -0.2) is 4.98 Å². The lowest BCUT2D eigenvalue weighted by Crippen LogP contribution is -2.18. The minimum atomic E-state index is 0. The number of aromatic nitrogens is 2. The average molecular weight is 292 g/mol. The Morgan fingerprint density at radius 3 is 2.50 bits per heavy atom. The fourth-order valence-corrected chi connectivity index (χ4v) is 4.00. The number of nitrogens with one attached hydrogen (secondary N) is 1. The topological polar surface area (TPSA) is 29.9 Å². The first kappa shape index (κ1) is 13.9. The molecule has 2 atom stereocenters. The second-order valence-electron chi connectivity index (χ2n) is 6.00. The summed E-state index contributed by atoms with van der Waals surface area (Å²) in [5, 5.41) is 3.62. The third kappa shape index (κ3) is 1.87. The first-order valence-corrected chi connectivity index (χ1v) is 7.49. The Morgan fingerprint density at radius 2 is 1.85 bits per heavy atom. The van der Waals surface area contributed by atoms with Gasteiger partial charge in [0.05, 0.1) is 11.0 Å². The number of nitrogens with zero attached hydrogens (tertiary/aromatic N) is 2. The minimum Gasteiger partial charge on any atom is -0.328 e. The molecule has 3 nitrogen and oxygen atoms in total. The van der Waals surface area contributed by atoms with E-state index in [9.17, 15) is 0 Å². The first-order valence-electron chi connectivity index (χ1n) is 7.49. The van der Waals surface area contributed by atoms with Crippen LogP contribution in [0.25, 0.3) is 11.0 Å². The summed E-state index contributed by atoms with van der Waals surface area (Å²) in [7, 11) is 0. The summed E-state index contributed by atoms with van der Waals surface area (Å²) in [5.41, 5.74) is 5.66. The molecule has 1 aliphatic carbocycles. The maximum atomic E-state index is 4.75. The summed E-state index contributed by atoms with van der Waals surface area (Å²) in [6.07, 6.45) is 2.68. The van der Waals surface area contributed by atoms with Crippen LogP contribution in [-0.2, 0) is 6.54 Å². The lowest BCUT2D eigenvalue weighted by Gasteiger charge is -2.26. The number of hydrogen-bond donors (Lipinski definition) is 1. The van der Waals surface area contributed by atoms with Crippen LogP contribution >= 0.6 is 12.4 Å². The Morgan fingerprint density at radius 1 is 1.20 bits per heavy atom. The normalized spacial score (nSPS) is 24.3. The number of aryl methyl sites for hydroxylation is 2. The Labute approximate surface area is 126 Å². The maximum absolute atomic E-state index is 4.75. The van der Waals surface area contributed by atoms with E-state index in [0.717, 1.165) is 25.5 Å². The standard InChI is InChI=1S/C16H21N3.ClH/c1-3-19-10(2)18-15-6-13-11-4-5-12(9-17-8-11)14(13)7-16(15)19;/h6-7,11-12,17H,3-5,8-9H2,1-2H3;1H. The van der Waals surface area contributed by atoms with Crippen molar-refractivity contribution in [2.45, 2.75) is 45.1 Å². The Kier molecular flexibility index (Phi) is 3.51. The van der Waals surface area contributed by atoms with Gasteiger partial charge >= 0.3 is 0 Å². The summed E-state index contributed by atoms with van der Waals surface area (Å²) in [6, 6.07) is 4.80. The van der Waals surface area contributed by atoms with E-state index in [0.29, 0.717) is 11.8 Å². The summed E-state index contributed by atoms with van der Waals surface area (Å²) in [5.74, 6) is 2.55. The third-order valence-electron chi connectivity index (χ3n) is 4.98. The van der Waals surface area contributed by atoms with Crippen molar-refractivity contribution in [3.05, 3.63) is 29.1 Å².